The first-order valence-corrected chi connectivity index (χ1v) is 11.3. The van der Waals surface area contributed by atoms with Crippen LogP contribution in [-0.4, -0.2) is 48.9 Å². The van der Waals surface area contributed by atoms with Crippen molar-refractivity contribution in [3.05, 3.63) is 35.4 Å². The molecular formula is C20H30N2O3S. The highest BCUT2D eigenvalue weighted by molar-refractivity contribution is 7.91. The van der Waals surface area contributed by atoms with Crippen LogP contribution in [-0.2, 0) is 21.2 Å². The molecule has 0 spiro atoms. The minimum Gasteiger partial charge on any atom is -0.349 e. The van der Waals surface area contributed by atoms with E-state index in [1.807, 2.05) is 6.92 Å². The van der Waals surface area contributed by atoms with Crippen LogP contribution < -0.4 is 5.32 Å². The third-order valence-electron chi connectivity index (χ3n) is 5.39. The molecule has 0 aromatic heterocycles. The Balaban J connectivity index is 1.59. The standard InChI is InChI=1S/C20H30N2O3S/c1-15(2)17-6-4-16(5-7-17)12-22(18-8-9-18)13-19(23)21-20(3)10-11-26(24,25)14-20/h4-7,15,18H,8-14H2,1-3H3,(H,21,23). The average Bonchev–Trinajstić information content (AvgIpc) is 3.33. The summed E-state index contributed by atoms with van der Waals surface area (Å²) in [5.41, 5.74) is 1.91. The molecule has 3 rings (SSSR count). The number of carbonyl (C=O) groups is 1. The third kappa shape index (κ3) is 5.07. The van der Waals surface area contributed by atoms with Crippen molar-refractivity contribution in [2.75, 3.05) is 18.1 Å². The van der Waals surface area contributed by atoms with Crippen molar-refractivity contribution in [1.29, 1.82) is 0 Å². The van der Waals surface area contributed by atoms with E-state index in [9.17, 15) is 13.2 Å². The van der Waals surface area contributed by atoms with Crippen LogP contribution in [0.5, 0.6) is 0 Å². The van der Waals surface area contributed by atoms with Crippen LogP contribution in [0.4, 0.5) is 0 Å². The Morgan fingerprint density at radius 1 is 1.27 bits per heavy atom. The molecule has 26 heavy (non-hydrogen) atoms. The summed E-state index contributed by atoms with van der Waals surface area (Å²) in [4.78, 5) is 14.8. The lowest BCUT2D eigenvalue weighted by atomic mass is 10.0. The van der Waals surface area contributed by atoms with Gasteiger partial charge in [0.05, 0.1) is 23.6 Å². The molecular weight excluding hydrogens is 348 g/mol. The molecule has 2 aliphatic rings. The lowest BCUT2D eigenvalue weighted by molar-refractivity contribution is -0.124. The molecule has 6 heteroatoms. The number of nitrogens with zero attached hydrogens (tertiary/aromatic N) is 1. The topological polar surface area (TPSA) is 66.5 Å². The summed E-state index contributed by atoms with van der Waals surface area (Å²) >= 11 is 0. The minimum absolute atomic E-state index is 0.0475. The number of rotatable bonds is 7. The van der Waals surface area contributed by atoms with Crippen molar-refractivity contribution >= 4 is 15.7 Å². The second kappa shape index (κ2) is 7.31. The maximum atomic E-state index is 12.5. The fourth-order valence-electron chi connectivity index (χ4n) is 3.67. The van der Waals surface area contributed by atoms with Crippen LogP contribution in [0.2, 0.25) is 0 Å². The zero-order valence-corrected chi connectivity index (χ0v) is 16.8. The summed E-state index contributed by atoms with van der Waals surface area (Å²) in [7, 11) is -3.02. The van der Waals surface area contributed by atoms with E-state index < -0.39 is 15.4 Å². The SMILES string of the molecule is CC(C)c1ccc(CN(CC(=O)NC2(C)CCS(=O)(=O)C2)C2CC2)cc1. The smallest absolute Gasteiger partial charge is 0.234 e. The third-order valence-corrected chi connectivity index (χ3v) is 7.29. The van der Waals surface area contributed by atoms with Crippen LogP contribution in [0.25, 0.3) is 0 Å². The van der Waals surface area contributed by atoms with Crippen molar-refractivity contribution in [1.82, 2.24) is 10.2 Å². The number of amides is 1. The average molecular weight is 379 g/mol. The van der Waals surface area contributed by atoms with E-state index in [2.05, 4.69) is 48.3 Å². The quantitative estimate of drug-likeness (QED) is 0.791. The van der Waals surface area contributed by atoms with Crippen LogP contribution in [0.3, 0.4) is 0 Å². The number of nitrogens with one attached hydrogen (secondary N) is 1. The molecule has 1 aliphatic carbocycles. The van der Waals surface area contributed by atoms with E-state index in [0.29, 0.717) is 24.9 Å². The normalized spacial score (nSPS) is 25.0. The van der Waals surface area contributed by atoms with Crippen molar-refractivity contribution in [2.45, 2.75) is 64.1 Å². The zero-order chi connectivity index (χ0) is 18.9. The van der Waals surface area contributed by atoms with Crippen molar-refractivity contribution in [2.24, 2.45) is 0 Å². The summed E-state index contributed by atoms with van der Waals surface area (Å²) < 4.78 is 23.4. The monoisotopic (exact) mass is 378 g/mol. The highest BCUT2D eigenvalue weighted by atomic mass is 32.2. The second-order valence-corrected chi connectivity index (χ2v) is 10.7. The summed E-state index contributed by atoms with van der Waals surface area (Å²) in [6, 6.07) is 9.08. The Morgan fingerprint density at radius 3 is 2.42 bits per heavy atom. The number of hydrogen-bond donors (Lipinski definition) is 1. The maximum absolute atomic E-state index is 12.5. The first-order chi connectivity index (χ1) is 12.2. The predicted octanol–water partition coefficient (Wildman–Crippen LogP) is 2.47. The Kier molecular flexibility index (Phi) is 5.45. The fourth-order valence-corrected chi connectivity index (χ4v) is 5.76. The molecule has 1 amide bonds. The molecule has 0 radical (unpaired) electrons. The van der Waals surface area contributed by atoms with Crippen molar-refractivity contribution < 1.29 is 13.2 Å². The molecule has 2 fully saturated rings. The van der Waals surface area contributed by atoms with Gasteiger partial charge in [-0.2, -0.15) is 0 Å². The molecule has 1 atom stereocenters. The lowest BCUT2D eigenvalue weighted by Gasteiger charge is -2.27. The molecule has 1 saturated carbocycles. The van der Waals surface area contributed by atoms with Crippen molar-refractivity contribution in [3.8, 4) is 0 Å². The summed E-state index contributed by atoms with van der Waals surface area (Å²) in [6.07, 6.45) is 2.76. The summed E-state index contributed by atoms with van der Waals surface area (Å²) in [5.74, 6) is 0.651. The number of sulfone groups is 1. The van der Waals surface area contributed by atoms with Gasteiger partial charge in [0.15, 0.2) is 9.84 Å². The second-order valence-electron chi connectivity index (χ2n) is 8.48. The fraction of sp³-hybridized carbons (Fsp3) is 0.650. The maximum Gasteiger partial charge on any atom is 0.234 e. The van der Waals surface area contributed by atoms with Gasteiger partial charge in [-0.15, -0.1) is 0 Å². The van der Waals surface area contributed by atoms with Crippen molar-refractivity contribution in [3.63, 3.8) is 0 Å². The Hall–Kier alpha value is -1.40. The van der Waals surface area contributed by atoms with Gasteiger partial charge in [0.2, 0.25) is 5.91 Å². The molecule has 1 aromatic rings. The van der Waals surface area contributed by atoms with Gasteiger partial charge < -0.3 is 5.32 Å². The van der Waals surface area contributed by atoms with Gasteiger partial charge >= 0.3 is 0 Å². The summed E-state index contributed by atoms with van der Waals surface area (Å²) in [5, 5.41) is 2.97. The molecule has 1 unspecified atom stereocenters. The van der Waals surface area contributed by atoms with Gasteiger partial charge in [-0.3, -0.25) is 9.69 Å². The van der Waals surface area contributed by atoms with Gasteiger partial charge in [0.1, 0.15) is 0 Å². The van der Waals surface area contributed by atoms with E-state index >= 15 is 0 Å². The molecule has 1 aliphatic heterocycles. The van der Waals surface area contributed by atoms with Gasteiger partial charge in [-0.05, 0) is 43.2 Å². The number of carbonyl (C=O) groups excluding carboxylic acids is 1. The first-order valence-electron chi connectivity index (χ1n) is 9.50. The van der Waals surface area contributed by atoms with E-state index in [0.717, 1.165) is 19.4 Å². The van der Waals surface area contributed by atoms with Crippen LogP contribution in [0, 0.1) is 0 Å². The number of benzene rings is 1. The Bertz CT molecular complexity index is 754. The van der Waals surface area contributed by atoms with E-state index in [4.69, 9.17) is 0 Å². The summed E-state index contributed by atoms with van der Waals surface area (Å²) in [6.45, 7) is 7.28. The van der Waals surface area contributed by atoms with Crippen LogP contribution >= 0.6 is 0 Å². The molecule has 1 saturated heterocycles. The van der Waals surface area contributed by atoms with E-state index in [1.165, 1.54) is 11.1 Å². The first kappa shape index (κ1) is 19.4. The predicted molar refractivity (Wildman–Crippen MR) is 104 cm³/mol. The molecule has 0 bridgehead atoms. The highest BCUT2D eigenvalue weighted by Crippen LogP contribution is 2.29. The molecule has 1 heterocycles. The van der Waals surface area contributed by atoms with E-state index in [-0.39, 0.29) is 17.4 Å². The Morgan fingerprint density at radius 2 is 1.92 bits per heavy atom. The van der Waals surface area contributed by atoms with Gasteiger partial charge in [-0.1, -0.05) is 38.1 Å². The Labute approximate surface area is 157 Å². The van der Waals surface area contributed by atoms with Gasteiger partial charge in [-0.25, -0.2) is 8.42 Å². The van der Waals surface area contributed by atoms with Crippen LogP contribution in [0.1, 0.15) is 57.1 Å². The van der Waals surface area contributed by atoms with Gasteiger partial charge in [0.25, 0.3) is 0 Å². The molecule has 1 N–H and O–H groups in total. The van der Waals surface area contributed by atoms with Crippen LogP contribution in [0.15, 0.2) is 24.3 Å². The molecule has 144 valence electrons. The largest absolute Gasteiger partial charge is 0.349 e. The molecule has 5 nitrogen and oxygen atoms in total. The zero-order valence-electron chi connectivity index (χ0n) is 16.0. The lowest BCUT2D eigenvalue weighted by Crippen LogP contribution is -2.50. The van der Waals surface area contributed by atoms with E-state index in [1.54, 1.807) is 0 Å². The highest BCUT2D eigenvalue weighted by Gasteiger charge is 2.40. The van der Waals surface area contributed by atoms with Gasteiger partial charge in [0, 0.05) is 12.6 Å². The number of hydrogen-bond acceptors (Lipinski definition) is 4. The minimum atomic E-state index is -3.02. The molecule has 1 aromatic carbocycles.